The molecule has 0 radical (unpaired) electrons. The van der Waals surface area contributed by atoms with Crippen LogP contribution in [0.25, 0.3) is 0 Å². The summed E-state index contributed by atoms with van der Waals surface area (Å²) in [4.78, 5) is 11.9. The van der Waals surface area contributed by atoms with Crippen LogP contribution in [0.5, 0.6) is 0 Å². The molecule has 2 heterocycles. The van der Waals surface area contributed by atoms with E-state index in [0.717, 1.165) is 26.1 Å². The Morgan fingerprint density at radius 1 is 1.13 bits per heavy atom. The molecule has 0 unspecified atom stereocenters. The first-order valence-electron chi connectivity index (χ1n) is 6.15. The minimum atomic E-state index is 0.0423. The van der Waals surface area contributed by atoms with Gasteiger partial charge in [-0.1, -0.05) is 12.8 Å². The van der Waals surface area contributed by atoms with Crippen molar-refractivity contribution >= 4 is 5.91 Å². The Hall–Kier alpha value is -0.610. The summed E-state index contributed by atoms with van der Waals surface area (Å²) in [6.45, 7) is 3.01. The molecule has 2 aliphatic rings. The van der Waals surface area contributed by atoms with E-state index in [-0.39, 0.29) is 11.9 Å². The minimum absolute atomic E-state index is 0.0423. The topological polar surface area (TPSA) is 44.4 Å². The summed E-state index contributed by atoms with van der Waals surface area (Å²) in [7, 11) is 0. The summed E-state index contributed by atoms with van der Waals surface area (Å²) in [6, 6.07) is 0.0423. The lowest BCUT2D eigenvalue weighted by Gasteiger charge is -2.30. The summed E-state index contributed by atoms with van der Waals surface area (Å²) >= 11 is 0. The van der Waals surface area contributed by atoms with Crippen molar-refractivity contribution in [1.29, 1.82) is 0 Å². The number of hydrogen-bond donors (Lipinski definition) is 2. The Morgan fingerprint density at radius 2 is 1.93 bits per heavy atom. The van der Waals surface area contributed by atoms with Crippen molar-refractivity contribution in [1.82, 2.24) is 15.8 Å². The number of rotatable bonds is 2. The van der Waals surface area contributed by atoms with Crippen LogP contribution < -0.4 is 10.7 Å². The van der Waals surface area contributed by atoms with Crippen molar-refractivity contribution in [3.05, 3.63) is 0 Å². The number of nitrogens with one attached hydrogen (secondary N) is 2. The van der Waals surface area contributed by atoms with E-state index in [4.69, 9.17) is 0 Å². The average Bonchev–Trinajstić information content (AvgIpc) is 2.31. The van der Waals surface area contributed by atoms with E-state index in [1.165, 1.54) is 32.1 Å². The molecule has 0 aliphatic carbocycles. The molecule has 1 atom stereocenters. The average molecular weight is 211 g/mol. The Bertz CT molecular complexity index is 208. The van der Waals surface area contributed by atoms with E-state index in [1.807, 2.05) is 0 Å². The SMILES string of the molecule is O=C(NN1CCCCC1)[C@@H]1CCCCN1. The highest BCUT2D eigenvalue weighted by Crippen LogP contribution is 2.09. The lowest BCUT2D eigenvalue weighted by molar-refractivity contribution is -0.129. The van der Waals surface area contributed by atoms with Gasteiger partial charge in [-0.3, -0.25) is 10.2 Å². The molecule has 4 nitrogen and oxygen atoms in total. The molecular weight excluding hydrogens is 190 g/mol. The molecule has 0 saturated carbocycles. The Kier molecular flexibility index (Phi) is 3.97. The molecule has 15 heavy (non-hydrogen) atoms. The fraction of sp³-hybridized carbons (Fsp3) is 0.909. The normalized spacial score (nSPS) is 28.7. The van der Waals surface area contributed by atoms with Crippen LogP contribution in [0.4, 0.5) is 0 Å². The van der Waals surface area contributed by atoms with Gasteiger partial charge in [0, 0.05) is 13.1 Å². The standard InChI is InChI=1S/C11H21N3O/c15-11(10-6-2-3-7-12-10)13-14-8-4-1-5-9-14/h10,12H,1-9H2,(H,13,15)/t10-/m0/s1. The molecular formula is C11H21N3O. The first-order chi connectivity index (χ1) is 7.36. The van der Waals surface area contributed by atoms with Crippen LogP contribution in [-0.2, 0) is 4.79 Å². The van der Waals surface area contributed by atoms with Crippen LogP contribution in [0, 0.1) is 0 Å². The summed E-state index contributed by atoms with van der Waals surface area (Å²) in [5, 5.41) is 5.34. The molecule has 2 N–H and O–H groups in total. The second kappa shape index (κ2) is 5.47. The van der Waals surface area contributed by atoms with Gasteiger partial charge in [0.15, 0.2) is 0 Å². The van der Waals surface area contributed by atoms with Crippen LogP contribution >= 0.6 is 0 Å². The van der Waals surface area contributed by atoms with Crippen molar-refractivity contribution in [3.8, 4) is 0 Å². The van der Waals surface area contributed by atoms with Gasteiger partial charge in [-0.05, 0) is 32.2 Å². The van der Waals surface area contributed by atoms with Gasteiger partial charge in [0.05, 0.1) is 6.04 Å². The van der Waals surface area contributed by atoms with Crippen LogP contribution in [0.2, 0.25) is 0 Å². The molecule has 1 amide bonds. The highest BCUT2D eigenvalue weighted by molar-refractivity contribution is 5.81. The zero-order valence-corrected chi connectivity index (χ0v) is 9.30. The molecule has 86 valence electrons. The van der Waals surface area contributed by atoms with E-state index in [2.05, 4.69) is 15.8 Å². The van der Waals surface area contributed by atoms with Crippen molar-refractivity contribution in [2.75, 3.05) is 19.6 Å². The predicted molar refractivity (Wildman–Crippen MR) is 59.2 cm³/mol. The number of hydrazine groups is 1. The molecule has 2 saturated heterocycles. The third-order valence-corrected chi connectivity index (χ3v) is 3.25. The van der Waals surface area contributed by atoms with E-state index in [1.54, 1.807) is 0 Å². The Balaban J connectivity index is 1.74. The fourth-order valence-electron chi connectivity index (χ4n) is 2.32. The van der Waals surface area contributed by atoms with Crippen molar-refractivity contribution < 1.29 is 4.79 Å². The maximum Gasteiger partial charge on any atom is 0.251 e. The van der Waals surface area contributed by atoms with Crippen LogP contribution in [-0.4, -0.2) is 36.6 Å². The highest BCUT2D eigenvalue weighted by atomic mass is 16.2. The molecule has 0 aromatic heterocycles. The lowest BCUT2D eigenvalue weighted by atomic mass is 10.0. The molecule has 4 heteroatoms. The largest absolute Gasteiger partial charge is 0.306 e. The van der Waals surface area contributed by atoms with Gasteiger partial charge in [-0.15, -0.1) is 0 Å². The lowest BCUT2D eigenvalue weighted by Crippen LogP contribution is -2.53. The van der Waals surface area contributed by atoms with E-state index >= 15 is 0 Å². The van der Waals surface area contributed by atoms with Crippen molar-refractivity contribution in [2.45, 2.75) is 44.6 Å². The number of carbonyl (C=O) groups is 1. The Morgan fingerprint density at radius 3 is 2.60 bits per heavy atom. The van der Waals surface area contributed by atoms with Crippen LogP contribution in [0.15, 0.2) is 0 Å². The van der Waals surface area contributed by atoms with Crippen molar-refractivity contribution in [3.63, 3.8) is 0 Å². The number of carbonyl (C=O) groups excluding carboxylic acids is 1. The third-order valence-electron chi connectivity index (χ3n) is 3.25. The fourth-order valence-corrected chi connectivity index (χ4v) is 2.32. The maximum absolute atomic E-state index is 11.9. The second-order valence-electron chi connectivity index (χ2n) is 4.53. The summed E-state index contributed by atoms with van der Waals surface area (Å²) in [5.41, 5.74) is 3.02. The van der Waals surface area contributed by atoms with Crippen LogP contribution in [0.1, 0.15) is 38.5 Å². The summed E-state index contributed by atoms with van der Waals surface area (Å²) in [6.07, 6.45) is 7.07. The zero-order chi connectivity index (χ0) is 10.5. The Labute approximate surface area is 91.4 Å². The smallest absolute Gasteiger partial charge is 0.251 e. The number of hydrogen-bond acceptors (Lipinski definition) is 3. The summed E-state index contributed by atoms with van der Waals surface area (Å²) < 4.78 is 0. The number of nitrogens with zero attached hydrogens (tertiary/aromatic N) is 1. The molecule has 0 bridgehead atoms. The summed E-state index contributed by atoms with van der Waals surface area (Å²) in [5.74, 6) is 0.164. The second-order valence-corrected chi connectivity index (χ2v) is 4.53. The quantitative estimate of drug-likeness (QED) is 0.705. The van der Waals surface area contributed by atoms with Gasteiger partial charge in [-0.25, -0.2) is 5.01 Å². The minimum Gasteiger partial charge on any atom is -0.306 e. The predicted octanol–water partition coefficient (Wildman–Crippen LogP) is 0.646. The van der Waals surface area contributed by atoms with Gasteiger partial charge in [-0.2, -0.15) is 0 Å². The molecule has 2 rings (SSSR count). The van der Waals surface area contributed by atoms with Gasteiger partial charge in [0.1, 0.15) is 0 Å². The molecule has 0 aromatic carbocycles. The van der Waals surface area contributed by atoms with Crippen LogP contribution in [0.3, 0.4) is 0 Å². The number of amides is 1. The first-order valence-corrected chi connectivity index (χ1v) is 6.15. The maximum atomic E-state index is 11.9. The van der Waals surface area contributed by atoms with E-state index in [0.29, 0.717) is 0 Å². The first kappa shape index (κ1) is 10.9. The molecule has 2 aliphatic heterocycles. The molecule has 2 fully saturated rings. The molecule has 0 aromatic rings. The zero-order valence-electron chi connectivity index (χ0n) is 9.30. The number of piperidine rings is 2. The van der Waals surface area contributed by atoms with E-state index < -0.39 is 0 Å². The highest BCUT2D eigenvalue weighted by Gasteiger charge is 2.22. The van der Waals surface area contributed by atoms with Gasteiger partial charge >= 0.3 is 0 Å². The third kappa shape index (κ3) is 3.18. The van der Waals surface area contributed by atoms with Gasteiger partial charge < -0.3 is 5.32 Å². The monoisotopic (exact) mass is 211 g/mol. The molecule has 0 spiro atoms. The van der Waals surface area contributed by atoms with Crippen molar-refractivity contribution in [2.24, 2.45) is 0 Å². The van der Waals surface area contributed by atoms with Gasteiger partial charge in [0.2, 0.25) is 0 Å². The van der Waals surface area contributed by atoms with Gasteiger partial charge in [0.25, 0.3) is 5.91 Å². The van der Waals surface area contributed by atoms with E-state index in [9.17, 15) is 4.79 Å².